The van der Waals surface area contributed by atoms with E-state index in [2.05, 4.69) is 13.2 Å². The Morgan fingerprint density at radius 3 is 0.946 bits per heavy atom. The lowest BCUT2D eigenvalue weighted by Gasteiger charge is -2.09. The summed E-state index contributed by atoms with van der Waals surface area (Å²) in [5, 5.41) is 0. The van der Waals surface area contributed by atoms with Crippen molar-refractivity contribution in [1.82, 2.24) is 0 Å². The molecular formula is C32H26O5. The summed E-state index contributed by atoms with van der Waals surface area (Å²) in [4.78, 5) is 23.3. The Balaban J connectivity index is 1.37. The van der Waals surface area contributed by atoms with Crippen LogP contribution >= 0.6 is 0 Å². The fraction of sp³-hybridized carbons (Fsp3) is 0.0625. The van der Waals surface area contributed by atoms with E-state index < -0.39 is 11.9 Å². The van der Waals surface area contributed by atoms with Gasteiger partial charge in [0, 0.05) is 11.1 Å². The molecule has 5 nitrogen and oxygen atoms in total. The summed E-state index contributed by atoms with van der Waals surface area (Å²) >= 11 is 0. The Hall–Kier alpha value is -4.90. The summed E-state index contributed by atoms with van der Waals surface area (Å²) in [6, 6.07) is 30.1. The van der Waals surface area contributed by atoms with Crippen molar-refractivity contribution in [3.05, 3.63) is 121 Å². The van der Waals surface area contributed by atoms with Crippen LogP contribution in [-0.4, -0.2) is 11.9 Å². The van der Waals surface area contributed by atoms with Crippen molar-refractivity contribution in [3.63, 3.8) is 0 Å². The molecule has 4 aromatic carbocycles. The Kier molecular flexibility index (Phi) is 7.65. The first kappa shape index (κ1) is 25.2. The van der Waals surface area contributed by atoms with Crippen LogP contribution in [0.1, 0.15) is 13.8 Å². The van der Waals surface area contributed by atoms with E-state index in [0.717, 1.165) is 22.3 Å². The molecule has 5 heteroatoms. The van der Waals surface area contributed by atoms with Gasteiger partial charge in [0.05, 0.1) is 0 Å². The van der Waals surface area contributed by atoms with E-state index in [0.29, 0.717) is 34.1 Å². The van der Waals surface area contributed by atoms with Crippen molar-refractivity contribution >= 4 is 11.9 Å². The highest BCUT2D eigenvalue weighted by atomic mass is 16.5. The Morgan fingerprint density at radius 1 is 0.459 bits per heavy atom. The van der Waals surface area contributed by atoms with Gasteiger partial charge < -0.3 is 14.2 Å². The average molecular weight is 491 g/mol. The van der Waals surface area contributed by atoms with Gasteiger partial charge in [0.15, 0.2) is 0 Å². The summed E-state index contributed by atoms with van der Waals surface area (Å²) in [7, 11) is 0. The monoisotopic (exact) mass is 490 g/mol. The van der Waals surface area contributed by atoms with Gasteiger partial charge in [0.1, 0.15) is 23.0 Å². The molecular weight excluding hydrogens is 464 g/mol. The molecule has 0 aliphatic carbocycles. The fourth-order valence-corrected chi connectivity index (χ4v) is 3.39. The van der Waals surface area contributed by atoms with E-state index in [-0.39, 0.29) is 0 Å². The van der Waals surface area contributed by atoms with Gasteiger partial charge in [0.2, 0.25) is 0 Å². The lowest BCUT2D eigenvalue weighted by molar-refractivity contribution is -0.130. The van der Waals surface area contributed by atoms with Gasteiger partial charge in [-0.3, -0.25) is 0 Å². The van der Waals surface area contributed by atoms with E-state index >= 15 is 0 Å². The van der Waals surface area contributed by atoms with E-state index in [4.69, 9.17) is 14.2 Å². The van der Waals surface area contributed by atoms with E-state index in [1.165, 1.54) is 0 Å². The molecule has 0 saturated heterocycles. The van der Waals surface area contributed by atoms with Gasteiger partial charge in [0.25, 0.3) is 0 Å². The number of carbonyl (C=O) groups excluding carboxylic acids is 2. The van der Waals surface area contributed by atoms with Gasteiger partial charge in [-0.25, -0.2) is 9.59 Å². The van der Waals surface area contributed by atoms with Crippen LogP contribution in [0, 0.1) is 0 Å². The van der Waals surface area contributed by atoms with Crippen LogP contribution in [0.4, 0.5) is 0 Å². The Labute approximate surface area is 216 Å². The van der Waals surface area contributed by atoms with E-state index in [9.17, 15) is 9.59 Å². The number of hydrogen-bond acceptors (Lipinski definition) is 5. The van der Waals surface area contributed by atoms with Crippen molar-refractivity contribution in [2.45, 2.75) is 13.8 Å². The molecule has 0 atom stereocenters. The van der Waals surface area contributed by atoms with Crippen molar-refractivity contribution in [2.75, 3.05) is 0 Å². The highest BCUT2D eigenvalue weighted by Crippen LogP contribution is 2.29. The molecule has 0 fully saturated rings. The molecule has 0 unspecified atom stereocenters. The summed E-state index contributed by atoms with van der Waals surface area (Å²) in [6.45, 7) is 10.4. The molecule has 0 aliphatic heterocycles. The molecule has 0 saturated carbocycles. The number of hydrogen-bond donors (Lipinski definition) is 0. The largest absolute Gasteiger partial charge is 0.457 e. The van der Waals surface area contributed by atoms with Crippen molar-refractivity contribution in [2.24, 2.45) is 0 Å². The minimum Gasteiger partial charge on any atom is -0.457 e. The zero-order valence-corrected chi connectivity index (χ0v) is 20.7. The number of ether oxygens (including phenoxy) is 3. The molecule has 184 valence electrons. The summed E-state index contributed by atoms with van der Waals surface area (Å²) in [5.41, 5.74) is 4.71. The van der Waals surface area contributed by atoms with Gasteiger partial charge >= 0.3 is 11.9 Å². The predicted octanol–water partition coefficient (Wildman–Crippen LogP) is 7.78. The highest BCUT2D eigenvalue weighted by molar-refractivity contribution is 5.89. The second-order valence-corrected chi connectivity index (χ2v) is 8.54. The third-order valence-corrected chi connectivity index (χ3v) is 5.44. The van der Waals surface area contributed by atoms with Crippen molar-refractivity contribution in [1.29, 1.82) is 0 Å². The van der Waals surface area contributed by atoms with Crippen LogP contribution in [0.2, 0.25) is 0 Å². The summed E-state index contributed by atoms with van der Waals surface area (Å²) in [6.07, 6.45) is 0. The number of benzene rings is 4. The molecule has 0 radical (unpaired) electrons. The zero-order valence-electron chi connectivity index (χ0n) is 20.7. The van der Waals surface area contributed by atoms with Crippen molar-refractivity contribution in [3.8, 4) is 45.3 Å². The minimum atomic E-state index is -0.443. The van der Waals surface area contributed by atoms with Crippen LogP contribution in [0.15, 0.2) is 121 Å². The van der Waals surface area contributed by atoms with Crippen LogP contribution in [0.3, 0.4) is 0 Å². The maximum absolute atomic E-state index is 11.7. The van der Waals surface area contributed by atoms with Crippen molar-refractivity contribution < 1.29 is 23.8 Å². The SMILES string of the molecule is C=C(C)C(=O)Oc1ccc(-c2ccc(Oc3ccc(-c4ccc(OC(=O)C(=C)C)cc4)cc3)cc2)cc1. The van der Waals surface area contributed by atoms with Gasteiger partial charge in [-0.05, 0) is 84.6 Å². The quantitative estimate of drug-likeness (QED) is 0.143. The third kappa shape index (κ3) is 6.61. The molecule has 0 amide bonds. The normalized spacial score (nSPS) is 10.3. The minimum absolute atomic E-state index is 0.353. The topological polar surface area (TPSA) is 61.8 Å². The van der Waals surface area contributed by atoms with Gasteiger partial charge in [-0.1, -0.05) is 61.7 Å². The van der Waals surface area contributed by atoms with E-state index in [1.54, 1.807) is 38.1 Å². The maximum atomic E-state index is 11.7. The first-order valence-corrected chi connectivity index (χ1v) is 11.6. The molecule has 0 bridgehead atoms. The smallest absolute Gasteiger partial charge is 0.338 e. The first-order valence-electron chi connectivity index (χ1n) is 11.6. The van der Waals surface area contributed by atoms with Crippen LogP contribution < -0.4 is 14.2 Å². The molecule has 0 N–H and O–H groups in total. The average Bonchev–Trinajstić information content (AvgIpc) is 2.90. The first-order chi connectivity index (χ1) is 17.8. The molecule has 37 heavy (non-hydrogen) atoms. The zero-order chi connectivity index (χ0) is 26.4. The molecule has 0 heterocycles. The Morgan fingerprint density at radius 2 is 0.703 bits per heavy atom. The third-order valence-electron chi connectivity index (χ3n) is 5.44. The van der Waals surface area contributed by atoms with Crippen LogP contribution in [0.25, 0.3) is 22.3 Å². The molecule has 4 rings (SSSR count). The lowest BCUT2D eigenvalue weighted by atomic mass is 10.1. The molecule has 0 aliphatic rings. The Bertz CT molecular complexity index is 1320. The fourth-order valence-electron chi connectivity index (χ4n) is 3.39. The van der Waals surface area contributed by atoms with Crippen LogP contribution in [-0.2, 0) is 9.59 Å². The van der Waals surface area contributed by atoms with E-state index in [1.807, 2.05) is 72.8 Å². The van der Waals surface area contributed by atoms with Gasteiger partial charge in [-0.15, -0.1) is 0 Å². The molecule has 0 spiro atoms. The lowest BCUT2D eigenvalue weighted by Crippen LogP contribution is -2.07. The summed E-state index contributed by atoms with van der Waals surface area (Å²) < 4.78 is 16.5. The second kappa shape index (κ2) is 11.2. The number of esters is 2. The molecule has 4 aromatic rings. The standard InChI is InChI=1S/C32H26O5/c1-21(2)31(33)36-29-17-9-25(10-18-29)23-5-13-27(14-6-23)35-28-15-7-24(8-16-28)26-11-19-30(20-12-26)37-32(34)22(3)4/h5-20H,1,3H2,2,4H3. The number of carbonyl (C=O) groups is 2. The molecule has 0 aromatic heterocycles. The van der Waals surface area contributed by atoms with Gasteiger partial charge in [-0.2, -0.15) is 0 Å². The highest BCUT2D eigenvalue weighted by Gasteiger charge is 2.08. The summed E-state index contributed by atoms with van der Waals surface area (Å²) in [5.74, 6) is 1.49. The number of rotatable bonds is 8. The second-order valence-electron chi connectivity index (χ2n) is 8.54. The predicted molar refractivity (Wildman–Crippen MR) is 145 cm³/mol. The maximum Gasteiger partial charge on any atom is 0.338 e. The van der Waals surface area contributed by atoms with Crippen LogP contribution in [0.5, 0.6) is 23.0 Å².